The minimum absolute atomic E-state index is 0.0568. The van der Waals surface area contributed by atoms with Gasteiger partial charge in [-0.05, 0) is 12.1 Å². The molecule has 96 valence electrons. The normalized spacial score (nSPS) is 11.7. The molecule has 0 unspecified atom stereocenters. The summed E-state index contributed by atoms with van der Waals surface area (Å²) in [5.41, 5.74) is 3.84. The lowest BCUT2D eigenvalue weighted by Gasteiger charge is -2.12. The second kappa shape index (κ2) is 3.83. The molecule has 0 spiro atoms. The molecule has 18 heavy (non-hydrogen) atoms. The number of nitrogen functional groups attached to an aromatic ring is 1. The van der Waals surface area contributed by atoms with E-state index in [1.54, 1.807) is 0 Å². The lowest BCUT2D eigenvalue weighted by Crippen LogP contribution is -2.05. The maximum absolute atomic E-state index is 12.6. The quantitative estimate of drug-likeness (QED) is 0.590. The van der Waals surface area contributed by atoms with Gasteiger partial charge in [-0.2, -0.15) is 18.3 Å². The second-order valence-corrected chi connectivity index (χ2v) is 3.59. The molecule has 1 aromatic heterocycles. The van der Waals surface area contributed by atoms with E-state index in [4.69, 9.17) is 5.73 Å². The Balaban J connectivity index is 2.66. The van der Waals surface area contributed by atoms with Gasteiger partial charge in [0, 0.05) is 11.6 Å². The molecular formula is C10H8F3N3O2. The van der Waals surface area contributed by atoms with Crippen molar-refractivity contribution in [3.63, 3.8) is 0 Å². The van der Waals surface area contributed by atoms with Gasteiger partial charge in [-0.25, -0.2) is 0 Å². The van der Waals surface area contributed by atoms with E-state index in [1.807, 2.05) is 0 Å². The van der Waals surface area contributed by atoms with E-state index in [0.717, 1.165) is 6.07 Å². The van der Waals surface area contributed by atoms with Crippen LogP contribution in [0.15, 0.2) is 18.2 Å². The molecule has 0 amide bonds. The van der Waals surface area contributed by atoms with Gasteiger partial charge in [0.1, 0.15) is 22.9 Å². The molecule has 8 heteroatoms. The molecule has 0 aliphatic heterocycles. The van der Waals surface area contributed by atoms with E-state index in [1.165, 1.54) is 6.07 Å². The fourth-order valence-electron chi connectivity index (χ4n) is 1.52. The number of halogens is 3. The second-order valence-electron chi connectivity index (χ2n) is 3.59. The molecule has 0 bridgehead atoms. The summed E-state index contributed by atoms with van der Waals surface area (Å²) in [6.07, 6.45) is -4.77. The molecule has 2 aromatic rings. The number of H-pyrrole nitrogens is 1. The fraction of sp³-hybridized carbons (Fsp3) is 0.100. The van der Waals surface area contributed by atoms with Crippen LogP contribution in [-0.4, -0.2) is 20.4 Å². The van der Waals surface area contributed by atoms with Gasteiger partial charge >= 0.3 is 6.18 Å². The van der Waals surface area contributed by atoms with Gasteiger partial charge in [-0.15, -0.1) is 0 Å². The first-order valence-electron chi connectivity index (χ1n) is 4.73. The van der Waals surface area contributed by atoms with Crippen LogP contribution in [0.1, 0.15) is 5.56 Å². The Morgan fingerprint density at radius 2 is 1.83 bits per heavy atom. The number of hydrogen-bond donors (Lipinski definition) is 4. The standard InChI is InChI=1S/C10H8F3N3O2/c11-10(12,13)6-2-4(17)1-5(9(6)18)7-3-8(14)16-15-7/h1-3,17-18H,(H3,14,15,16). The van der Waals surface area contributed by atoms with Crippen molar-refractivity contribution in [1.82, 2.24) is 10.2 Å². The summed E-state index contributed by atoms with van der Waals surface area (Å²) in [7, 11) is 0. The van der Waals surface area contributed by atoms with Crippen LogP contribution in [0.5, 0.6) is 11.5 Å². The third-order valence-electron chi connectivity index (χ3n) is 2.29. The Labute approximate surface area is 98.7 Å². The molecule has 5 N–H and O–H groups in total. The van der Waals surface area contributed by atoms with Crippen molar-refractivity contribution < 1.29 is 23.4 Å². The number of phenolic OH excluding ortho intramolecular Hbond substituents is 2. The summed E-state index contributed by atoms with van der Waals surface area (Å²) in [6.45, 7) is 0. The number of anilines is 1. The summed E-state index contributed by atoms with van der Waals surface area (Å²) in [5.74, 6) is -1.56. The summed E-state index contributed by atoms with van der Waals surface area (Å²) in [4.78, 5) is 0. The molecule has 0 radical (unpaired) electrons. The number of aromatic hydroxyl groups is 2. The zero-order valence-corrected chi connectivity index (χ0v) is 8.78. The van der Waals surface area contributed by atoms with Crippen molar-refractivity contribution in [3.05, 3.63) is 23.8 Å². The molecule has 0 saturated carbocycles. The highest BCUT2D eigenvalue weighted by Crippen LogP contribution is 2.43. The van der Waals surface area contributed by atoms with E-state index in [0.29, 0.717) is 6.07 Å². The molecule has 1 heterocycles. The molecule has 2 rings (SSSR count). The summed E-state index contributed by atoms with van der Waals surface area (Å²) < 4.78 is 37.8. The fourth-order valence-corrected chi connectivity index (χ4v) is 1.52. The Morgan fingerprint density at radius 1 is 1.17 bits per heavy atom. The maximum Gasteiger partial charge on any atom is 0.420 e. The first-order valence-corrected chi connectivity index (χ1v) is 4.73. The number of nitrogens with one attached hydrogen (secondary N) is 1. The van der Waals surface area contributed by atoms with Gasteiger partial charge in [-0.1, -0.05) is 0 Å². The average molecular weight is 259 g/mol. The zero-order valence-electron chi connectivity index (χ0n) is 8.78. The first-order chi connectivity index (χ1) is 8.29. The van der Waals surface area contributed by atoms with Crippen molar-refractivity contribution in [2.45, 2.75) is 6.18 Å². The smallest absolute Gasteiger partial charge is 0.420 e. The Bertz CT molecular complexity index is 593. The highest BCUT2D eigenvalue weighted by molar-refractivity contribution is 5.72. The third-order valence-corrected chi connectivity index (χ3v) is 2.29. The highest BCUT2D eigenvalue weighted by Gasteiger charge is 2.35. The molecule has 0 aliphatic rings. The summed E-state index contributed by atoms with van der Waals surface area (Å²) in [5, 5.41) is 24.8. The third kappa shape index (κ3) is 2.04. The molecular weight excluding hydrogens is 251 g/mol. The van der Waals surface area contributed by atoms with Gasteiger partial charge in [0.05, 0.1) is 5.69 Å². The summed E-state index contributed by atoms with van der Waals surface area (Å²) >= 11 is 0. The predicted molar refractivity (Wildman–Crippen MR) is 56.8 cm³/mol. The largest absolute Gasteiger partial charge is 0.508 e. The van der Waals surface area contributed by atoms with Crippen LogP contribution in [0, 0.1) is 0 Å². The van der Waals surface area contributed by atoms with Crippen LogP contribution >= 0.6 is 0 Å². The van der Waals surface area contributed by atoms with Gasteiger partial charge in [0.25, 0.3) is 0 Å². The van der Waals surface area contributed by atoms with E-state index in [-0.39, 0.29) is 17.1 Å². The summed E-state index contributed by atoms with van der Waals surface area (Å²) in [6, 6.07) is 2.67. The van der Waals surface area contributed by atoms with E-state index >= 15 is 0 Å². The topological polar surface area (TPSA) is 95.2 Å². The lowest BCUT2D eigenvalue weighted by atomic mass is 10.0. The zero-order chi connectivity index (χ0) is 13.5. The number of nitrogens with zero attached hydrogens (tertiary/aromatic N) is 1. The van der Waals surface area contributed by atoms with Gasteiger partial charge < -0.3 is 15.9 Å². The van der Waals surface area contributed by atoms with E-state index in [9.17, 15) is 23.4 Å². The number of nitrogens with two attached hydrogens (primary N) is 1. The minimum atomic E-state index is -4.77. The minimum Gasteiger partial charge on any atom is -0.508 e. The van der Waals surface area contributed by atoms with Crippen LogP contribution in [-0.2, 0) is 6.18 Å². The average Bonchev–Trinajstić information content (AvgIpc) is 2.66. The number of hydrogen-bond acceptors (Lipinski definition) is 4. The lowest BCUT2D eigenvalue weighted by molar-refractivity contribution is -0.138. The first kappa shape index (κ1) is 12.1. The Hall–Kier alpha value is -2.38. The molecule has 0 aliphatic carbocycles. The van der Waals surface area contributed by atoms with Crippen molar-refractivity contribution >= 4 is 5.82 Å². The van der Waals surface area contributed by atoms with Crippen LogP contribution in [0.25, 0.3) is 11.3 Å². The highest BCUT2D eigenvalue weighted by atomic mass is 19.4. The van der Waals surface area contributed by atoms with Crippen molar-refractivity contribution in [1.29, 1.82) is 0 Å². The number of aromatic nitrogens is 2. The number of benzene rings is 1. The monoisotopic (exact) mass is 259 g/mol. The van der Waals surface area contributed by atoms with Crippen molar-refractivity contribution in [2.75, 3.05) is 5.73 Å². The molecule has 1 aromatic carbocycles. The van der Waals surface area contributed by atoms with Crippen molar-refractivity contribution in [3.8, 4) is 22.8 Å². The molecule has 5 nitrogen and oxygen atoms in total. The van der Waals surface area contributed by atoms with E-state index in [2.05, 4.69) is 10.2 Å². The SMILES string of the molecule is Nc1cc(-c2cc(O)cc(C(F)(F)F)c2O)[nH]n1. The number of rotatable bonds is 1. The predicted octanol–water partition coefficient (Wildman–Crippen LogP) is 2.09. The number of alkyl halides is 3. The Morgan fingerprint density at radius 3 is 2.33 bits per heavy atom. The van der Waals surface area contributed by atoms with Crippen LogP contribution in [0.4, 0.5) is 19.0 Å². The molecule has 0 atom stereocenters. The molecule has 0 fully saturated rings. The Kier molecular flexibility index (Phi) is 2.57. The number of aromatic amines is 1. The van der Waals surface area contributed by atoms with Crippen molar-refractivity contribution in [2.24, 2.45) is 0 Å². The molecule has 0 saturated heterocycles. The van der Waals surface area contributed by atoms with Crippen LogP contribution < -0.4 is 5.73 Å². The van der Waals surface area contributed by atoms with Gasteiger partial charge in [0.2, 0.25) is 0 Å². The number of phenols is 2. The van der Waals surface area contributed by atoms with Crippen LogP contribution in [0.2, 0.25) is 0 Å². The van der Waals surface area contributed by atoms with E-state index < -0.39 is 23.2 Å². The van der Waals surface area contributed by atoms with Gasteiger partial charge in [-0.3, -0.25) is 5.10 Å². The maximum atomic E-state index is 12.6. The van der Waals surface area contributed by atoms with Crippen LogP contribution in [0.3, 0.4) is 0 Å². The van der Waals surface area contributed by atoms with Gasteiger partial charge in [0.15, 0.2) is 0 Å².